The number of ether oxygens (including phenoxy) is 1. The summed E-state index contributed by atoms with van der Waals surface area (Å²) in [5.74, 6) is -0.176. The van der Waals surface area contributed by atoms with E-state index in [0.29, 0.717) is 22.0 Å². The molecule has 0 saturated carbocycles. The van der Waals surface area contributed by atoms with E-state index >= 15 is 0 Å². The van der Waals surface area contributed by atoms with Gasteiger partial charge >= 0.3 is 0 Å². The predicted molar refractivity (Wildman–Crippen MR) is 77.7 cm³/mol. The molecule has 2 aromatic heterocycles. The van der Waals surface area contributed by atoms with E-state index in [0.717, 1.165) is 11.8 Å². The fraction of sp³-hybridized carbons (Fsp3) is 0.462. The lowest BCUT2D eigenvalue weighted by Gasteiger charge is -2.28. The Morgan fingerprint density at radius 1 is 1.65 bits per heavy atom. The number of hydrogen-bond acceptors (Lipinski definition) is 6. The lowest BCUT2D eigenvalue weighted by atomic mass is 9.94. The first-order valence-electron chi connectivity index (χ1n) is 6.45. The summed E-state index contributed by atoms with van der Waals surface area (Å²) >= 11 is 1.26. The summed E-state index contributed by atoms with van der Waals surface area (Å²) in [6.07, 6.45) is 2.35. The second-order valence-corrected chi connectivity index (χ2v) is 6.23. The Morgan fingerprint density at radius 2 is 2.45 bits per heavy atom. The number of rotatable bonds is 2. The van der Waals surface area contributed by atoms with Gasteiger partial charge in [-0.3, -0.25) is 4.79 Å². The van der Waals surface area contributed by atoms with Crippen LogP contribution in [0.5, 0.6) is 0 Å². The number of aromatic nitrogens is 2. The molecule has 3 rings (SSSR count). The van der Waals surface area contributed by atoms with Crippen LogP contribution in [0.3, 0.4) is 0 Å². The first-order valence-corrected chi connectivity index (χ1v) is 7.27. The van der Waals surface area contributed by atoms with Gasteiger partial charge in [-0.15, -0.1) is 16.4 Å². The number of nitrogens with zero attached hydrogens (tertiary/aromatic N) is 2. The molecule has 2 atom stereocenters. The monoisotopic (exact) mass is 292 g/mol. The molecule has 1 saturated heterocycles. The van der Waals surface area contributed by atoms with Crippen molar-refractivity contribution >= 4 is 33.1 Å². The maximum Gasteiger partial charge on any atom is 0.264 e. The molecule has 1 amide bonds. The molecule has 2 aromatic rings. The number of thiophene rings is 1. The third-order valence-corrected chi connectivity index (χ3v) is 5.02. The largest absolute Gasteiger partial charge is 0.397 e. The fourth-order valence-electron chi connectivity index (χ4n) is 2.36. The van der Waals surface area contributed by atoms with Crippen LogP contribution in [-0.4, -0.2) is 34.4 Å². The minimum absolute atomic E-state index is 0.0122. The van der Waals surface area contributed by atoms with Gasteiger partial charge in [0.25, 0.3) is 5.91 Å². The molecule has 0 bridgehead atoms. The summed E-state index contributed by atoms with van der Waals surface area (Å²) < 4.78 is 5.53. The third kappa shape index (κ3) is 2.03. The SMILES string of the molecule is CC1OCCC1(C)NC(=O)c1sc2nnccc2c1N. The molecule has 20 heavy (non-hydrogen) atoms. The zero-order chi connectivity index (χ0) is 14.3. The minimum atomic E-state index is -0.356. The number of nitrogens with two attached hydrogens (primary N) is 1. The van der Waals surface area contributed by atoms with Crippen molar-refractivity contribution < 1.29 is 9.53 Å². The lowest BCUT2D eigenvalue weighted by Crippen LogP contribution is -2.50. The van der Waals surface area contributed by atoms with Crippen LogP contribution >= 0.6 is 11.3 Å². The highest BCUT2D eigenvalue weighted by molar-refractivity contribution is 7.21. The molecule has 2 unspecified atom stereocenters. The molecule has 1 aliphatic heterocycles. The van der Waals surface area contributed by atoms with Crippen molar-refractivity contribution in [2.75, 3.05) is 12.3 Å². The summed E-state index contributed by atoms with van der Waals surface area (Å²) in [5.41, 5.74) is 6.15. The average Bonchev–Trinajstić information content (AvgIpc) is 2.92. The maximum absolute atomic E-state index is 12.5. The fourth-order valence-corrected chi connectivity index (χ4v) is 3.29. The Balaban J connectivity index is 1.91. The van der Waals surface area contributed by atoms with Crippen LogP contribution in [0.2, 0.25) is 0 Å². The van der Waals surface area contributed by atoms with Gasteiger partial charge in [0.2, 0.25) is 0 Å². The molecule has 0 aliphatic carbocycles. The van der Waals surface area contributed by atoms with E-state index < -0.39 is 0 Å². The first-order chi connectivity index (χ1) is 9.51. The van der Waals surface area contributed by atoms with Crippen molar-refractivity contribution in [3.05, 3.63) is 17.1 Å². The smallest absolute Gasteiger partial charge is 0.264 e. The van der Waals surface area contributed by atoms with Gasteiger partial charge in [0.15, 0.2) is 0 Å². The Bertz CT molecular complexity index is 671. The van der Waals surface area contributed by atoms with Crippen molar-refractivity contribution in [2.45, 2.75) is 31.9 Å². The topological polar surface area (TPSA) is 90.1 Å². The zero-order valence-electron chi connectivity index (χ0n) is 11.3. The van der Waals surface area contributed by atoms with Crippen LogP contribution in [0.15, 0.2) is 12.3 Å². The molecule has 1 aliphatic rings. The molecule has 1 fully saturated rings. The number of anilines is 1. The van der Waals surface area contributed by atoms with Crippen LogP contribution < -0.4 is 11.1 Å². The van der Waals surface area contributed by atoms with Crippen molar-refractivity contribution in [1.29, 1.82) is 0 Å². The molecular weight excluding hydrogens is 276 g/mol. The molecule has 7 heteroatoms. The van der Waals surface area contributed by atoms with Crippen LogP contribution in [0.4, 0.5) is 5.69 Å². The quantitative estimate of drug-likeness (QED) is 0.877. The molecular formula is C13H16N4O2S. The standard InChI is InChI=1S/C13H16N4O2S/c1-7-13(2,4-6-19-7)16-11(18)10-9(14)8-3-5-15-17-12(8)20-10/h3,5,7H,4,6,14H2,1-2H3,(H,16,18). The molecule has 106 valence electrons. The van der Waals surface area contributed by atoms with Crippen LogP contribution in [0.25, 0.3) is 10.2 Å². The number of nitrogen functional groups attached to an aromatic ring is 1. The number of hydrogen-bond donors (Lipinski definition) is 2. The van der Waals surface area contributed by atoms with Gasteiger partial charge in [0.1, 0.15) is 9.71 Å². The summed E-state index contributed by atoms with van der Waals surface area (Å²) in [4.78, 5) is 13.6. The maximum atomic E-state index is 12.5. The Hall–Kier alpha value is -1.73. The van der Waals surface area contributed by atoms with E-state index in [1.807, 2.05) is 13.8 Å². The van der Waals surface area contributed by atoms with E-state index in [4.69, 9.17) is 10.5 Å². The van der Waals surface area contributed by atoms with E-state index in [1.54, 1.807) is 12.3 Å². The molecule has 0 radical (unpaired) electrons. The molecule has 0 aromatic carbocycles. The van der Waals surface area contributed by atoms with Crippen LogP contribution in [0.1, 0.15) is 29.9 Å². The molecule has 0 spiro atoms. The minimum Gasteiger partial charge on any atom is -0.397 e. The normalized spacial score (nSPS) is 26.0. The van der Waals surface area contributed by atoms with Gasteiger partial charge in [-0.1, -0.05) is 0 Å². The van der Waals surface area contributed by atoms with Gasteiger partial charge in [-0.2, -0.15) is 5.10 Å². The number of carbonyl (C=O) groups excluding carboxylic acids is 1. The van der Waals surface area contributed by atoms with Gasteiger partial charge < -0.3 is 15.8 Å². The number of nitrogens with one attached hydrogen (secondary N) is 1. The van der Waals surface area contributed by atoms with E-state index in [2.05, 4.69) is 15.5 Å². The highest BCUT2D eigenvalue weighted by Crippen LogP contribution is 2.33. The average molecular weight is 292 g/mol. The van der Waals surface area contributed by atoms with Gasteiger partial charge in [0, 0.05) is 12.0 Å². The zero-order valence-corrected chi connectivity index (χ0v) is 12.2. The van der Waals surface area contributed by atoms with Gasteiger partial charge in [0.05, 0.1) is 23.5 Å². The first kappa shape index (κ1) is 13.3. The highest BCUT2D eigenvalue weighted by atomic mass is 32.1. The summed E-state index contributed by atoms with van der Waals surface area (Å²) in [7, 11) is 0. The third-order valence-electron chi connectivity index (χ3n) is 3.91. The molecule has 3 heterocycles. The van der Waals surface area contributed by atoms with E-state index in [1.165, 1.54) is 11.3 Å². The highest BCUT2D eigenvalue weighted by Gasteiger charge is 2.39. The number of fused-ring (bicyclic) bond motifs is 1. The van der Waals surface area contributed by atoms with Crippen molar-refractivity contribution in [1.82, 2.24) is 15.5 Å². The second kappa shape index (κ2) is 4.68. The van der Waals surface area contributed by atoms with Crippen molar-refractivity contribution in [3.8, 4) is 0 Å². The van der Waals surface area contributed by atoms with E-state index in [-0.39, 0.29) is 17.6 Å². The van der Waals surface area contributed by atoms with Gasteiger partial charge in [-0.25, -0.2) is 0 Å². The van der Waals surface area contributed by atoms with Gasteiger partial charge in [-0.05, 0) is 26.3 Å². The summed E-state index contributed by atoms with van der Waals surface area (Å²) in [5, 5.41) is 11.6. The Kier molecular flexibility index (Phi) is 3.10. The lowest BCUT2D eigenvalue weighted by molar-refractivity contribution is 0.0731. The molecule has 6 nitrogen and oxygen atoms in total. The van der Waals surface area contributed by atoms with Crippen LogP contribution in [-0.2, 0) is 4.74 Å². The second-order valence-electron chi connectivity index (χ2n) is 5.23. The predicted octanol–water partition coefficient (Wildman–Crippen LogP) is 1.57. The summed E-state index contributed by atoms with van der Waals surface area (Å²) in [6.45, 7) is 4.62. The summed E-state index contributed by atoms with van der Waals surface area (Å²) in [6, 6.07) is 1.77. The van der Waals surface area contributed by atoms with Crippen molar-refractivity contribution in [3.63, 3.8) is 0 Å². The molecule has 3 N–H and O–H groups in total. The number of amides is 1. The number of carbonyl (C=O) groups is 1. The van der Waals surface area contributed by atoms with Crippen LogP contribution in [0, 0.1) is 0 Å². The Morgan fingerprint density at radius 3 is 3.10 bits per heavy atom. The van der Waals surface area contributed by atoms with Crippen molar-refractivity contribution in [2.24, 2.45) is 0 Å². The Labute approximate surface area is 120 Å². The van der Waals surface area contributed by atoms with E-state index in [9.17, 15) is 4.79 Å².